The van der Waals surface area contributed by atoms with Gasteiger partial charge in [0.25, 0.3) is 15.9 Å². The lowest BCUT2D eigenvalue weighted by Crippen LogP contribution is -2.38. The molecule has 1 aromatic heterocycles. The predicted octanol–water partition coefficient (Wildman–Crippen LogP) is 1.17. The normalized spacial score (nSPS) is 13.5. The van der Waals surface area contributed by atoms with Gasteiger partial charge < -0.3 is 15.4 Å². The second-order valence-corrected chi connectivity index (χ2v) is 8.16. The Labute approximate surface area is 168 Å². The SMILES string of the molecule is CCOC(=O)N1CCc2c(cncc2C(=O)NS(=O)(=O)c2ccc(CN)cc2)C1. The molecule has 1 aliphatic heterocycles. The van der Waals surface area contributed by atoms with Gasteiger partial charge >= 0.3 is 6.09 Å². The summed E-state index contributed by atoms with van der Waals surface area (Å²) in [6, 6.07) is 5.98. The lowest BCUT2D eigenvalue weighted by Gasteiger charge is -2.28. The lowest BCUT2D eigenvalue weighted by molar-refractivity contribution is 0.0976. The Balaban J connectivity index is 1.80. The van der Waals surface area contributed by atoms with Gasteiger partial charge in [-0.3, -0.25) is 9.78 Å². The Hall–Kier alpha value is -2.98. The van der Waals surface area contributed by atoms with Crippen molar-refractivity contribution in [2.75, 3.05) is 13.2 Å². The lowest BCUT2D eigenvalue weighted by atomic mass is 9.97. The van der Waals surface area contributed by atoms with E-state index in [1.165, 1.54) is 23.2 Å². The fourth-order valence-corrected chi connectivity index (χ4v) is 4.07. The quantitative estimate of drug-likeness (QED) is 0.745. The number of ether oxygens (including phenoxy) is 1. The molecule has 1 aliphatic rings. The second-order valence-electron chi connectivity index (χ2n) is 6.48. The highest BCUT2D eigenvalue weighted by Gasteiger charge is 2.27. The third-order valence-corrected chi connectivity index (χ3v) is 5.95. The Morgan fingerprint density at radius 3 is 2.62 bits per heavy atom. The zero-order chi connectivity index (χ0) is 21.0. The molecule has 154 valence electrons. The Morgan fingerprint density at radius 1 is 1.24 bits per heavy atom. The minimum Gasteiger partial charge on any atom is -0.450 e. The van der Waals surface area contributed by atoms with Crippen LogP contribution in [0.4, 0.5) is 4.79 Å². The number of nitrogens with two attached hydrogens (primary N) is 1. The van der Waals surface area contributed by atoms with Crippen molar-refractivity contribution in [2.45, 2.75) is 31.3 Å². The first-order chi connectivity index (χ1) is 13.9. The average molecular weight is 418 g/mol. The van der Waals surface area contributed by atoms with Crippen LogP contribution in [0.15, 0.2) is 41.6 Å². The van der Waals surface area contributed by atoms with Crippen molar-refractivity contribution in [3.63, 3.8) is 0 Å². The number of benzene rings is 1. The highest BCUT2D eigenvalue weighted by molar-refractivity contribution is 7.90. The van der Waals surface area contributed by atoms with Gasteiger partial charge in [0.15, 0.2) is 0 Å². The van der Waals surface area contributed by atoms with Crippen molar-refractivity contribution >= 4 is 22.0 Å². The van der Waals surface area contributed by atoms with Gasteiger partial charge in [-0.25, -0.2) is 17.9 Å². The molecule has 1 aromatic carbocycles. The van der Waals surface area contributed by atoms with E-state index in [0.29, 0.717) is 24.1 Å². The van der Waals surface area contributed by atoms with E-state index >= 15 is 0 Å². The highest BCUT2D eigenvalue weighted by atomic mass is 32.2. The van der Waals surface area contributed by atoms with Crippen LogP contribution < -0.4 is 10.5 Å². The van der Waals surface area contributed by atoms with Crippen LogP contribution in [0, 0.1) is 0 Å². The number of hydrogen-bond acceptors (Lipinski definition) is 7. The Morgan fingerprint density at radius 2 is 1.97 bits per heavy atom. The number of pyridine rings is 1. The van der Waals surface area contributed by atoms with Gasteiger partial charge in [0.1, 0.15) is 0 Å². The van der Waals surface area contributed by atoms with Crippen LogP contribution in [0.5, 0.6) is 0 Å². The number of amides is 2. The summed E-state index contributed by atoms with van der Waals surface area (Å²) in [5.74, 6) is -0.762. The van der Waals surface area contributed by atoms with E-state index in [9.17, 15) is 18.0 Å². The largest absolute Gasteiger partial charge is 0.450 e. The molecule has 10 heteroatoms. The summed E-state index contributed by atoms with van der Waals surface area (Å²) in [5, 5.41) is 0. The summed E-state index contributed by atoms with van der Waals surface area (Å²) in [6.45, 7) is 2.90. The number of hydrogen-bond donors (Lipinski definition) is 2. The van der Waals surface area contributed by atoms with Gasteiger partial charge in [-0.05, 0) is 42.2 Å². The van der Waals surface area contributed by atoms with Crippen LogP contribution in [0.25, 0.3) is 0 Å². The number of sulfonamides is 1. The molecule has 0 bridgehead atoms. The van der Waals surface area contributed by atoms with Gasteiger partial charge in [0.05, 0.1) is 23.6 Å². The Kier molecular flexibility index (Phi) is 6.14. The van der Waals surface area contributed by atoms with Gasteiger partial charge in [-0.1, -0.05) is 12.1 Å². The van der Waals surface area contributed by atoms with Crippen LogP contribution in [-0.4, -0.2) is 43.5 Å². The molecule has 0 saturated heterocycles. The summed E-state index contributed by atoms with van der Waals surface area (Å²) in [5.41, 5.74) is 7.83. The maximum Gasteiger partial charge on any atom is 0.410 e. The van der Waals surface area contributed by atoms with Crippen LogP contribution in [0.2, 0.25) is 0 Å². The number of carbonyl (C=O) groups is 2. The number of nitrogens with zero attached hydrogens (tertiary/aromatic N) is 2. The first kappa shape index (κ1) is 20.7. The first-order valence-electron chi connectivity index (χ1n) is 9.09. The fraction of sp³-hybridized carbons (Fsp3) is 0.316. The number of carbonyl (C=O) groups excluding carboxylic acids is 2. The number of rotatable bonds is 5. The van der Waals surface area contributed by atoms with Crippen molar-refractivity contribution in [3.8, 4) is 0 Å². The van der Waals surface area contributed by atoms with E-state index in [2.05, 4.69) is 9.71 Å². The summed E-state index contributed by atoms with van der Waals surface area (Å²) >= 11 is 0. The molecule has 9 nitrogen and oxygen atoms in total. The molecule has 0 radical (unpaired) electrons. The van der Waals surface area contributed by atoms with Crippen molar-refractivity contribution in [3.05, 3.63) is 58.9 Å². The second kappa shape index (κ2) is 8.58. The molecular weight excluding hydrogens is 396 g/mol. The van der Waals surface area contributed by atoms with Crippen LogP contribution >= 0.6 is 0 Å². The number of nitrogens with one attached hydrogen (secondary N) is 1. The Bertz CT molecular complexity index is 1020. The van der Waals surface area contributed by atoms with Crippen LogP contribution in [-0.2, 0) is 34.3 Å². The third-order valence-electron chi connectivity index (χ3n) is 4.61. The molecule has 3 N–H and O–H groups in total. The van der Waals surface area contributed by atoms with Gasteiger partial charge in [0.2, 0.25) is 0 Å². The molecular formula is C19H22N4O5S. The van der Waals surface area contributed by atoms with E-state index in [0.717, 1.165) is 5.56 Å². The van der Waals surface area contributed by atoms with Gasteiger partial charge in [0, 0.05) is 25.5 Å². The highest BCUT2D eigenvalue weighted by Crippen LogP contribution is 2.22. The van der Waals surface area contributed by atoms with Crippen molar-refractivity contribution < 1.29 is 22.7 Å². The minimum atomic E-state index is -4.04. The monoisotopic (exact) mass is 418 g/mol. The maximum atomic E-state index is 12.7. The van der Waals surface area contributed by atoms with E-state index in [-0.39, 0.29) is 30.2 Å². The molecule has 2 amide bonds. The van der Waals surface area contributed by atoms with E-state index < -0.39 is 22.0 Å². The summed E-state index contributed by atoms with van der Waals surface area (Å²) in [4.78, 5) is 30.1. The van der Waals surface area contributed by atoms with E-state index in [4.69, 9.17) is 10.5 Å². The molecule has 2 heterocycles. The molecule has 2 aromatic rings. The molecule has 0 unspecified atom stereocenters. The molecule has 0 saturated carbocycles. The number of aromatic nitrogens is 1. The minimum absolute atomic E-state index is 0.0331. The molecule has 0 aliphatic carbocycles. The average Bonchev–Trinajstić information content (AvgIpc) is 2.72. The standard InChI is InChI=1S/C19H22N4O5S/c1-2-28-19(25)23-8-7-16-14(12-23)10-21-11-17(16)18(24)22-29(26,27)15-5-3-13(9-20)4-6-15/h3-6,10-11H,2,7-9,12,20H2,1H3,(H,22,24). The molecule has 0 fully saturated rings. The van der Waals surface area contributed by atoms with Crippen molar-refractivity contribution in [1.82, 2.24) is 14.6 Å². The molecule has 0 spiro atoms. The van der Waals surface area contributed by atoms with Crippen LogP contribution in [0.1, 0.15) is 34.0 Å². The van der Waals surface area contributed by atoms with Gasteiger partial charge in [-0.15, -0.1) is 0 Å². The predicted molar refractivity (Wildman–Crippen MR) is 104 cm³/mol. The maximum absolute atomic E-state index is 12.7. The molecule has 29 heavy (non-hydrogen) atoms. The summed E-state index contributed by atoms with van der Waals surface area (Å²) < 4.78 is 32.2. The van der Waals surface area contributed by atoms with Crippen molar-refractivity contribution in [2.24, 2.45) is 5.73 Å². The zero-order valence-electron chi connectivity index (χ0n) is 15.9. The third kappa shape index (κ3) is 4.54. The molecule has 0 atom stereocenters. The smallest absolute Gasteiger partial charge is 0.410 e. The number of fused-ring (bicyclic) bond motifs is 1. The van der Waals surface area contributed by atoms with E-state index in [1.54, 1.807) is 25.3 Å². The topological polar surface area (TPSA) is 132 Å². The summed E-state index contributed by atoms with van der Waals surface area (Å²) in [7, 11) is -4.04. The summed E-state index contributed by atoms with van der Waals surface area (Å²) in [6.07, 6.45) is 2.86. The first-order valence-corrected chi connectivity index (χ1v) is 10.6. The van der Waals surface area contributed by atoms with Crippen molar-refractivity contribution in [1.29, 1.82) is 0 Å². The van der Waals surface area contributed by atoms with Crippen LogP contribution in [0.3, 0.4) is 0 Å². The fourth-order valence-electron chi connectivity index (χ4n) is 3.10. The molecule has 3 rings (SSSR count). The van der Waals surface area contributed by atoms with Gasteiger partial charge in [-0.2, -0.15) is 0 Å². The van der Waals surface area contributed by atoms with E-state index in [1.807, 2.05) is 0 Å². The zero-order valence-corrected chi connectivity index (χ0v) is 16.7.